The predicted octanol–water partition coefficient (Wildman–Crippen LogP) is 3.81. The molecule has 4 nitrogen and oxygen atoms in total. The fraction of sp³-hybridized carbons (Fsp3) is 0.250. The van der Waals surface area contributed by atoms with Gasteiger partial charge in [0.05, 0.1) is 11.5 Å². The van der Waals surface area contributed by atoms with Crippen LogP contribution in [-0.2, 0) is 4.79 Å². The highest BCUT2D eigenvalue weighted by molar-refractivity contribution is 7.10. The van der Waals surface area contributed by atoms with Crippen molar-refractivity contribution >= 4 is 28.9 Å². The van der Waals surface area contributed by atoms with Crippen molar-refractivity contribution in [2.24, 2.45) is 0 Å². The minimum absolute atomic E-state index is 0.138. The van der Waals surface area contributed by atoms with Gasteiger partial charge >= 0.3 is 5.97 Å². The third kappa shape index (κ3) is 3.31. The summed E-state index contributed by atoms with van der Waals surface area (Å²) in [5.41, 5.74) is 2.29. The zero-order valence-electron chi connectivity index (χ0n) is 12.1. The molecule has 0 aliphatic heterocycles. The predicted molar refractivity (Wildman–Crippen MR) is 84.2 cm³/mol. The number of hydrogen-bond acceptors (Lipinski definition) is 3. The topological polar surface area (TPSA) is 66.4 Å². The van der Waals surface area contributed by atoms with E-state index in [1.165, 1.54) is 17.4 Å². The number of carboxylic acid groups (broad SMARTS) is 1. The summed E-state index contributed by atoms with van der Waals surface area (Å²) in [5.74, 6) is -1.39. The van der Waals surface area contributed by atoms with Crippen LogP contribution in [-0.4, -0.2) is 17.0 Å². The number of amides is 1. The molecule has 2 aromatic rings. The Labute approximate surface area is 127 Å². The number of carbonyl (C=O) groups is 2. The van der Waals surface area contributed by atoms with Crippen molar-refractivity contribution in [3.63, 3.8) is 0 Å². The van der Waals surface area contributed by atoms with E-state index in [9.17, 15) is 9.59 Å². The molecule has 1 heterocycles. The minimum atomic E-state index is -0.991. The molecule has 1 unspecified atom stereocenters. The smallest absolute Gasteiger partial charge is 0.336 e. The lowest BCUT2D eigenvalue weighted by atomic mass is 10.0. The first-order valence-electron chi connectivity index (χ1n) is 6.59. The Balaban J connectivity index is 2.25. The molecule has 1 amide bonds. The number of anilines is 1. The first-order chi connectivity index (χ1) is 9.90. The summed E-state index contributed by atoms with van der Waals surface area (Å²) in [4.78, 5) is 24.4. The van der Waals surface area contributed by atoms with Gasteiger partial charge in [0.2, 0.25) is 5.91 Å². The molecule has 21 heavy (non-hydrogen) atoms. The van der Waals surface area contributed by atoms with E-state index in [-0.39, 0.29) is 17.4 Å². The van der Waals surface area contributed by atoms with Crippen molar-refractivity contribution in [1.82, 2.24) is 0 Å². The quantitative estimate of drug-likeness (QED) is 0.902. The van der Waals surface area contributed by atoms with Crippen molar-refractivity contribution in [1.29, 1.82) is 0 Å². The van der Waals surface area contributed by atoms with E-state index in [0.717, 1.165) is 10.4 Å². The molecule has 1 aromatic carbocycles. The van der Waals surface area contributed by atoms with Crippen LogP contribution in [0.5, 0.6) is 0 Å². The number of carboxylic acids is 1. The monoisotopic (exact) mass is 303 g/mol. The number of carbonyl (C=O) groups excluding carboxylic acids is 1. The zero-order chi connectivity index (χ0) is 15.6. The summed E-state index contributed by atoms with van der Waals surface area (Å²) in [6, 6.07) is 7.12. The molecule has 110 valence electrons. The number of benzene rings is 1. The standard InChI is InChI=1S/C16H17NO3S/c1-9-7-10(2)13(8-12(9)16(19)20)17-15(18)11(3)14-5-4-6-21-14/h4-8,11H,1-3H3,(H,17,18)(H,19,20). The molecule has 1 aromatic heterocycles. The Morgan fingerprint density at radius 3 is 2.52 bits per heavy atom. The van der Waals surface area contributed by atoms with Gasteiger partial charge < -0.3 is 10.4 Å². The molecule has 0 saturated heterocycles. The van der Waals surface area contributed by atoms with Gasteiger partial charge in [0.25, 0.3) is 0 Å². The summed E-state index contributed by atoms with van der Waals surface area (Å²) in [5, 5.41) is 13.9. The van der Waals surface area contributed by atoms with Gasteiger partial charge in [-0.1, -0.05) is 12.1 Å². The lowest BCUT2D eigenvalue weighted by molar-refractivity contribution is -0.117. The van der Waals surface area contributed by atoms with E-state index < -0.39 is 5.97 Å². The molecule has 0 radical (unpaired) electrons. The third-order valence-corrected chi connectivity index (χ3v) is 4.48. The van der Waals surface area contributed by atoms with Crippen LogP contribution in [0.15, 0.2) is 29.6 Å². The molecule has 0 bridgehead atoms. The molecule has 0 fully saturated rings. The molecular weight excluding hydrogens is 286 g/mol. The maximum Gasteiger partial charge on any atom is 0.336 e. The van der Waals surface area contributed by atoms with Crippen LogP contribution in [0.3, 0.4) is 0 Å². The van der Waals surface area contributed by atoms with Gasteiger partial charge in [-0.25, -0.2) is 4.79 Å². The van der Waals surface area contributed by atoms with Crippen molar-refractivity contribution in [3.05, 3.63) is 51.2 Å². The van der Waals surface area contributed by atoms with Crippen LogP contribution in [0, 0.1) is 13.8 Å². The Morgan fingerprint density at radius 2 is 1.95 bits per heavy atom. The Morgan fingerprint density at radius 1 is 1.24 bits per heavy atom. The average molecular weight is 303 g/mol. The number of aryl methyl sites for hydroxylation is 2. The van der Waals surface area contributed by atoms with Crippen molar-refractivity contribution < 1.29 is 14.7 Å². The van der Waals surface area contributed by atoms with Gasteiger partial charge in [-0.15, -0.1) is 11.3 Å². The Hall–Kier alpha value is -2.14. The maximum absolute atomic E-state index is 12.3. The van der Waals surface area contributed by atoms with Crippen LogP contribution in [0.4, 0.5) is 5.69 Å². The lowest BCUT2D eigenvalue weighted by Gasteiger charge is -2.14. The van der Waals surface area contributed by atoms with Gasteiger partial charge in [-0.05, 0) is 49.4 Å². The average Bonchev–Trinajstić information content (AvgIpc) is 2.94. The normalized spacial score (nSPS) is 12.0. The van der Waals surface area contributed by atoms with E-state index in [1.54, 1.807) is 13.0 Å². The van der Waals surface area contributed by atoms with Gasteiger partial charge in [0, 0.05) is 10.6 Å². The molecule has 0 aliphatic rings. The van der Waals surface area contributed by atoms with Gasteiger partial charge in [-0.3, -0.25) is 4.79 Å². The van der Waals surface area contributed by atoms with Crippen molar-refractivity contribution in [2.75, 3.05) is 5.32 Å². The van der Waals surface area contributed by atoms with Crippen LogP contribution < -0.4 is 5.32 Å². The second-order valence-corrected chi connectivity index (χ2v) is 5.99. The van der Waals surface area contributed by atoms with Crippen molar-refractivity contribution in [3.8, 4) is 0 Å². The number of thiophene rings is 1. The SMILES string of the molecule is Cc1cc(C)c(C(=O)O)cc1NC(=O)C(C)c1cccs1. The lowest BCUT2D eigenvalue weighted by Crippen LogP contribution is -2.19. The second-order valence-electron chi connectivity index (χ2n) is 5.01. The fourth-order valence-electron chi connectivity index (χ4n) is 2.13. The van der Waals surface area contributed by atoms with Crippen LogP contribution in [0.25, 0.3) is 0 Å². The van der Waals surface area contributed by atoms with Gasteiger partial charge in [0.1, 0.15) is 0 Å². The van der Waals surface area contributed by atoms with Crippen LogP contribution >= 0.6 is 11.3 Å². The Kier molecular flexibility index (Phi) is 4.43. The summed E-state index contributed by atoms with van der Waals surface area (Å²) in [6.07, 6.45) is 0. The number of aromatic carboxylic acids is 1. The minimum Gasteiger partial charge on any atom is -0.478 e. The molecule has 5 heteroatoms. The van der Waals surface area contributed by atoms with E-state index >= 15 is 0 Å². The molecule has 1 atom stereocenters. The molecule has 2 rings (SSSR count). The highest BCUT2D eigenvalue weighted by Gasteiger charge is 2.18. The number of nitrogens with one attached hydrogen (secondary N) is 1. The van der Waals surface area contributed by atoms with Gasteiger partial charge in [0.15, 0.2) is 0 Å². The molecular formula is C16H17NO3S. The Bertz CT molecular complexity index is 677. The molecule has 0 aliphatic carbocycles. The highest BCUT2D eigenvalue weighted by Crippen LogP contribution is 2.25. The van der Waals surface area contributed by atoms with E-state index in [1.807, 2.05) is 31.4 Å². The first kappa shape index (κ1) is 15.3. The fourth-order valence-corrected chi connectivity index (χ4v) is 2.91. The van der Waals surface area contributed by atoms with Crippen LogP contribution in [0.2, 0.25) is 0 Å². The number of rotatable bonds is 4. The van der Waals surface area contributed by atoms with E-state index in [2.05, 4.69) is 5.32 Å². The zero-order valence-corrected chi connectivity index (χ0v) is 13.0. The van der Waals surface area contributed by atoms with Crippen molar-refractivity contribution in [2.45, 2.75) is 26.7 Å². The summed E-state index contributed by atoms with van der Waals surface area (Å²) < 4.78 is 0. The molecule has 0 saturated carbocycles. The summed E-state index contributed by atoms with van der Waals surface area (Å²) >= 11 is 1.53. The molecule has 0 spiro atoms. The highest BCUT2D eigenvalue weighted by atomic mass is 32.1. The summed E-state index contributed by atoms with van der Waals surface area (Å²) in [7, 11) is 0. The third-order valence-electron chi connectivity index (χ3n) is 3.42. The van der Waals surface area contributed by atoms with Crippen LogP contribution in [0.1, 0.15) is 39.2 Å². The maximum atomic E-state index is 12.3. The van der Waals surface area contributed by atoms with E-state index in [0.29, 0.717) is 11.3 Å². The second kappa shape index (κ2) is 6.10. The first-order valence-corrected chi connectivity index (χ1v) is 7.47. The molecule has 2 N–H and O–H groups in total. The largest absolute Gasteiger partial charge is 0.478 e. The van der Waals surface area contributed by atoms with E-state index in [4.69, 9.17) is 5.11 Å². The van der Waals surface area contributed by atoms with Gasteiger partial charge in [-0.2, -0.15) is 0 Å². The number of hydrogen-bond donors (Lipinski definition) is 2. The summed E-state index contributed by atoms with van der Waals surface area (Å²) in [6.45, 7) is 5.43.